The zero-order valence-corrected chi connectivity index (χ0v) is 17.4. The molecule has 154 valence electrons. The van der Waals surface area contributed by atoms with Crippen molar-refractivity contribution in [2.45, 2.75) is 31.3 Å². The number of amides is 2. The third-order valence-corrected chi connectivity index (χ3v) is 6.26. The molecule has 30 heavy (non-hydrogen) atoms. The Kier molecular flexibility index (Phi) is 5.96. The quantitative estimate of drug-likeness (QED) is 0.635. The number of aromatic nitrogens is 2. The van der Waals surface area contributed by atoms with Crippen LogP contribution in [-0.2, 0) is 0 Å². The van der Waals surface area contributed by atoms with E-state index in [0.717, 1.165) is 19.3 Å². The summed E-state index contributed by atoms with van der Waals surface area (Å²) in [5.74, 6) is -0.00471. The first-order valence-electron chi connectivity index (χ1n) is 9.52. The second-order valence-electron chi connectivity index (χ2n) is 7.01. The van der Waals surface area contributed by atoms with Gasteiger partial charge in [0.2, 0.25) is 0 Å². The second-order valence-corrected chi connectivity index (χ2v) is 8.72. The first kappa shape index (κ1) is 20.3. The fourth-order valence-electron chi connectivity index (χ4n) is 3.51. The molecule has 3 aromatic heterocycles. The van der Waals surface area contributed by atoms with Gasteiger partial charge in [0, 0.05) is 30.5 Å². The highest BCUT2D eigenvalue weighted by molar-refractivity contribution is 7.18. The molecule has 3 aromatic rings. The van der Waals surface area contributed by atoms with Crippen molar-refractivity contribution < 1.29 is 9.59 Å². The number of hydrogen-bond donors (Lipinski definition) is 2. The smallest absolute Gasteiger partial charge is 0.261 e. The van der Waals surface area contributed by atoms with E-state index in [1.807, 2.05) is 0 Å². The summed E-state index contributed by atoms with van der Waals surface area (Å²) in [5.41, 5.74) is 0.198. The van der Waals surface area contributed by atoms with Crippen LogP contribution in [0, 0.1) is 0 Å². The normalized spacial score (nSPS) is 18.2. The van der Waals surface area contributed by atoms with Crippen LogP contribution in [-0.4, -0.2) is 33.4 Å². The van der Waals surface area contributed by atoms with Gasteiger partial charge in [-0.15, -0.1) is 11.3 Å². The summed E-state index contributed by atoms with van der Waals surface area (Å²) >= 11 is 7.13. The van der Waals surface area contributed by atoms with Gasteiger partial charge in [-0.2, -0.15) is 0 Å². The van der Waals surface area contributed by atoms with Gasteiger partial charge in [0.15, 0.2) is 0 Å². The van der Waals surface area contributed by atoms with E-state index in [0.29, 0.717) is 20.6 Å². The second kappa shape index (κ2) is 8.81. The van der Waals surface area contributed by atoms with Crippen molar-refractivity contribution in [2.75, 3.05) is 0 Å². The minimum Gasteiger partial charge on any atom is -0.347 e. The zero-order chi connectivity index (χ0) is 21.1. The maximum atomic E-state index is 12.7. The van der Waals surface area contributed by atoms with Gasteiger partial charge in [-0.3, -0.25) is 19.0 Å². The third kappa shape index (κ3) is 4.44. The van der Waals surface area contributed by atoms with Crippen LogP contribution >= 0.6 is 22.9 Å². The van der Waals surface area contributed by atoms with Crippen molar-refractivity contribution in [3.05, 3.63) is 80.0 Å². The van der Waals surface area contributed by atoms with Crippen molar-refractivity contribution in [1.82, 2.24) is 20.2 Å². The molecule has 0 spiro atoms. The van der Waals surface area contributed by atoms with Crippen LogP contribution in [0.3, 0.4) is 0 Å². The van der Waals surface area contributed by atoms with E-state index < -0.39 is 0 Å². The molecule has 2 unspecified atom stereocenters. The molecule has 7 nitrogen and oxygen atoms in total. The Morgan fingerprint density at radius 1 is 1.03 bits per heavy atom. The number of pyridine rings is 2. The molecular formula is C21H19ClN4O3S. The number of carbonyl (C=O) groups is 2. The van der Waals surface area contributed by atoms with Gasteiger partial charge < -0.3 is 10.6 Å². The van der Waals surface area contributed by atoms with Gasteiger partial charge in [0.05, 0.1) is 14.8 Å². The Morgan fingerprint density at radius 3 is 2.43 bits per heavy atom. The van der Waals surface area contributed by atoms with Crippen LogP contribution in [0.25, 0.3) is 5.82 Å². The van der Waals surface area contributed by atoms with Crippen molar-refractivity contribution in [3.8, 4) is 5.82 Å². The van der Waals surface area contributed by atoms with Crippen LogP contribution in [0.5, 0.6) is 0 Å². The zero-order valence-electron chi connectivity index (χ0n) is 15.9. The predicted molar refractivity (Wildman–Crippen MR) is 116 cm³/mol. The van der Waals surface area contributed by atoms with Crippen LogP contribution in [0.4, 0.5) is 0 Å². The SMILES string of the molecule is O=C(NC1CCCC1NC(=O)c1ccc(Cl)s1)c1ccc(-n2ccccc2=O)nc1. The summed E-state index contributed by atoms with van der Waals surface area (Å²) in [6, 6.07) is 11.2. The molecule has 3 heterocycles. The molecule has 1 fully saturated rings. The van der Waals surface area contributed by atoms with Crippen molar-refractivity contribution in [1.29, 1.82) is 0 Å². The molecule has 0 radical (unpaired) electrons. The van der Waals surface area contributed by atoms with Crippen molar-refractivity contribution >= 4 is 34.8 Å². The molecule has 0 bridgehead atoms. The van der Waals surface area contributed by atoms with Gasteiger partial charge in [-0.1, -0.05) is 17.7 Å². The van der Waals surface area contributed by atoms with E-state index in [4.69, 9.17) is 11.6 Å². The monoisotopic (exact) mass is 442 g/mol. The number of thiophene rings is 1. The molecule has 1 aliphatic carbocycles. The minimum atomic E-state index is -0.264. The van der Waals surface area contributed by atoms with Gasteiger partial charge in [0.1, 0.15) is 5.82 Å². The predicted octanol–water partition coefficient (Wildman–Crippen LogP) is 3.03. The van der Waals surface area contributed by atoms with E-state index in [1.54, 1.807) is 42.6 Å². The number of nitrogens with one attached hydrogen (secondary N) is 2. The largest absolute Gasteiger partial charge is 0.347 e. The molecular weight excluding hydrogens is 424 g/mol. The topological polar surface area (TPSA) is 93.1 Å². The van der Waals surface area contributed by atoms with E-state index in [-0.39, 0.29) is 29.5 Å². The Balaban J connectivity index is 1.41. The highest BCUT2D eigenvalue weighted by atomic mass is 35.5. The molecule has 4 rings (SSSR count). The maximum Gasteiger partial charge on any atom is 0.261 e. The van der Waals surface area contributed by atoms with Crippen molar-refractivity contribution in [2.24, 2.45) is 0 Å². The summed E-state index contributed by atoms with van der Waals surface area (Å²) in [6.45, 7) is 0. The van der Waals surface area contributed by atoms with Crippen LogP contribution in [0.15, 0.2) is 59.7 Å². The molecule has 1 saturated carbocycles. The molecule has 0 aliphatic heterocycles. The van der Waals surface area contributed by atoms with Gasteiger partial charge >= 0.3 is 0 Å². The van der Waals surface area contributed by atoms with Crippen molar-refractivity contribution in [3.63, 3.8) is 0 Å². The van der Waals surface area contributed by atoms with Gasteiger partial charge in [0.25, 0.3) is 17.4 Å². The number of carbonyl (C=O) groups excluding carboxylic acids is 2. The Morgan fingerprint density at radius 2 is 1.80 bits per heavy atom. The number of nitrogens with zero attached hydrogens (tertiary/aromatic N) is 2. The van der Waals surface area contributed by atoms with Crippen LogP contribution < -0.4 is 16.2 Å². The summed E-state index contributed by atoms with van der Waals surface area (Å²) in [5, 5.41) is 5.99. The van der Waals surface area contributed by atoms with E-state index in [2.05, 4.69) is 15.6 Å². The van der Waals surface area contributed by atoms with E-state index >= 15 is 0 Å². The number of halogens is 1. The van der Waals surface area contributed by atoms with E-state index in [9.17, 15) is 14.4 Å². The number of rotatable bonds is 5. The first-order valence-corrected chi connectivity index (χ1v) is 10.7. The van der Waals surface area contributed by atoms with Crippen LogP contribution in [0.1, 0.15) is 39.3 Å². The maximum absolute atomic E-state index is 12.7. The van der Waals surface area contributed by atoms with Gasteiger partial charge in [-0.05, 0) is 49.6 Å². The highest BCUT2D eigenvalue weighted by Gasteiger charge is 2.30. The van der Waals surface area contributed by atoms with E-state index in [1.165, 1.54) is 28.2 Å². The summed E-state index contributed by atoms with van der Waals surface area (Å²) in [4.78, 5) is 41.8. The molecule has 2 N–H and O–H groups in total. The highest BCUT2D eigenvalue weighted by Crippen LogP contribution is 2.24. The minimum absolute atomic E-state index is 0.141. The molecule has 1 aliphatic rings. The summed E-state index contributed by atoms with van der Waals surface area (Å²) in [7, 11) is 0. The fourth-order valence-corrected chi connectivity index (χ4v) is 4.46. The lowest BCUT2D eigenvalue weighted by atomic mass is 10.1. The lowest BCUT2D eigenvalue weighted by molar-refractivity contribution is 0.0893. The Labute approximate surface area is 181 Å². The Bertz CT molecular complexity index is 1130. The lowest BCUT2D eigenvalue weighted by Crippen LogP contribution is -2.48. The molecule has 2 amide bonds. The molecule has 0 saturated heterocycles. The fraction of sp³-hybridized carbons (Fsp3) is 0.238. The summed E-state index contributed by atoms with van der Waals surface area (Å²) < 4.78 is 1.96. The van der Waals surface area contributed by atoms with Gasteiger partial charge in [-0.25, -0.2) is 4.98 Å². The number of hydrogen-bond acceptors (Lipinski definition) is 5. The standard InChI is InChI=1S/C21H19ClN4O3S/c22-17-9-8-16(30-17)21(29)25-15-5-3-4-14(15)24-20(28)13-7-10-18(23-12-13)26-11-2-1-6-19(26)27/h1-2,6-12,14-15H,3-5H2,(H,24,28)(H,25,29). The average Bonchev–Trinajstić information content (AvgIpc) is 3.37. The lowest BCUT2D eigenvalue weighted by Gasteiger charge is -2.22. The third-order valence-electron chi connectivity index (χ3n) is 5.03. The molecule has 0 aromatic carbocycles. The molecule has 9 heteroatoms. The first-order chi connectivity index (χ1) is 14.5. The van der Waals surface area contributed by atoms with Crippen LogP contribution in [0.2, 0.25) is 4.34 Å². The summed E-state index contributed by atoms with van der Waals surface area (Å²) in [6.07, 6.45) is 5.56. The average molecular weight is 443 g/mol. The Hall–Kier alpha value is -2.97. The molecule has 2 atom stereocenters.